The first-order valence-corrected chi connectivity index (χ1v) is 5.28. The second kappa shape index (κ2) is 3.46. The molecule has 0 radical (unpaired) electrons. The molecule has 0 atom stereocenters. The molecule has 0 aliphatic heterocycles. The van der Waals surface area contributed by atoms with E-state index < -0.39 is 0 Å². The molecule has 3 aromatic rings. The molecular formula is C14H9N3. The van der Waals surface area contributed by atoms with Crippen LogP contribution in [0.1, 0.15) is 5.56 Å². The van der Waals surface area contributed by atoms with Gasteiger partial charge in [0.1, 0.15) is 6.07 Å². The average molecular weight is 219 g/mol. The number of hydrogen-bond acceptors (Lipinski definition) is 3. The van der Waals surface area contributed by atoms with Crippen molar-refractivity contribution in [2.45, 2.75) is 0 Å². The lowest BCUT2D eigenvalue weighted by Gasteiger charge is -2.08. The molecule has 0 amide bonds. The van der Waals surface area contributed by atoms with Gasteiger partial charge in [-0.05, 0) is 11.5 Å². The number of nitrogens with zero attached hydrogens (tertiary/aromatic N) is 2. The first kappa shape index (κ1) is 9.61. The van der Waals surface area contributed by atoms with Gasteiger partial charge in [0.15, 0.2) is 0 Å². The van der Waals surface area contributed by atoms with Gasteiger partial charge in [0, 0.05) is 17.0 Å². The van der Waals surface area contributed by atoms with Crippen molar-refractivity contribution in [1.29, 1.82) is 5.26 Å². The van der Waals surface area contributed by atoms with Gasteiger partial charge in [-0.25, -0.2) is 0 Å². The Morgan fingerprint density at radius 2 is 1.71 bits per heavy atom. The number of pyridine rings is 1. The normalized spacial score (nSPS) is 10.5. The molecule has 1 aromatic heterocycles. The van der Waals surface area contributed by atoms with Crippen molar-refractivity contribution >= 4 is 27.4 Å². The maximum absolute atomic E-state index is 9.22. The third-order valence-corrected chi connectivity index (χ3v) is 2.93. The van der Waals surface area contributed by atoms with Crippen molar-refractivity contribution in [2.75, 3.05) is 5.73 Å². The fourth-order valence-corrected chi connectivity index (χ4v) is 2.16. The van der Waals surface area contributed by atoms with Crippen molar-refractivity contribution in [3.05, 3.63) is 48.2 Å². The molecular weight excluding hydrogens is 210 g/mol. The zero-order chi connectivity index (χ0) is 11.8. The van der Waals surface area contributed by atoms with Gasteiger partial charge in [0.25, 0.3) is 0 Å². The maximum atomic E-state index is 9.22. The van der Waals surface area contributed by atoms with Crippen LogP contribution in [-0.2, 0) is 0 Å². The van der Waals surface area contributed by atoms with Gasteiger partial charge in [-0.15, -0.1) is 0 Å². The van der Waals surface area contributed by atoms with Crippen LogP contribution in [0.25, 0.3) is 21.7 Å². The van der Waals surface area contributed by atoms with Crippen molar-refractivity contribution in [3.63, 3.8) is 0 Å². The summed E-state index contributed by atoms with van der Waals surface area (Å²) in [4.78, 5) is 4.26. The van der Waals surface area contributed by atoms with Crippen LogP contribution in [-0.4, -0.2) is 4.98 Å². The Bertz CT molecular complexity index is 769. The average Bonchev–Trinajstić information content (AvgIpc) is 2.40. The Balaban J connectivity index is 2.70. The number of nitriles is 1. The van der Waals surface area contributed by atoms with E-state index in [2.05, 4.69) is 11.1 Å². The molecule has 0 saturated heterocycles. The predicted molar refractivity (Wildman–Crippen MR) is 68.4 cm³/mol. The molecule has 0 fully saturated rings. The van der Waals surface area contributed by atoms with E-state index >= 15 is 0 Å². The van der Waals surface area contributed by atoms with E-state index in [9.17, 15) is 5.26 Å². The minimum atomic E-state index is 0.460. The molecule has 3 nitrogen and oxygen atoms in total. The first-order valence-electron chi connectivity index (χ1n) is 5.28. The lowest BCUT2D eigenvalue weighted by Crippen LogP contribution is -1.95. The van der Waals surface area contributed by atoms with Crippen molar-refractivity contribution in [3.8, 4) is 6.07 Å². The van der Waals surface area contributed by atoms with Crippen LogP contribution in [0, 0.1) is 11.3 Å². The summed E-state index contributed by atoms with van der Waals surface area (Å²) in [6.45, 7) is 0. The summed E-state index contributed by atoms with van der Waals surface area (Å²) in [5, 5.41) is 12.1. The molecule has 0 bridgehead atoms. The second-order valence-corrected chi connectivity index (χ2v) is 3.85. The van der Waals surface area contributed by atoms with E-state index in [0.29, 0.717) is 16.8 Å². The van der Waals surface area contributed by atoms with Gasteiger partial charge in [0.2, 0.25) is 0 Å². The predicted octanol–water partition coefficient (Wildman–Crippen LogP) is 2.84. The summed E-state index contributed by atoms with van der Waals surface area (Å²) in [5.74, 6) is 0. The summed E-state index contributed by atoms with van der Waals surface area (Å²) >= 11 is 0. The summed E-state index contributed by atoms with van der Waals surface area (Å²) in [6.07, 6.45) is 1.69. The highest BCUT2D eigenvalue weighted by molar-refractivity contribution is 6.14. The molecule has 1 heterocycles. The Hall–Kier alpha value is -2.60. The lowest BCUT2D eigenvalue weighted by atomic mass is 9.99. The fraction of sp³-hybridized carbons (Fsp3) is 0. The van der Waals surface area contributed by atoms with Crippen molar-refractivity contribution < 1.29 is 0 Å². The number of rotatable bonds is 0. The molecule has 0 unspecified atom stereocenters. The molecule has 2 aromatic carbocycles. The topological polar surface area (TPSA) is 62.7 Å². The van der Waals surface area contributed by atoms with Crippen LogP contribution in [0.5, 0.6) is 0 Å². The zero-order valence-corrected chi connectivity index (χ0v) is 9.01. The van der Waals surface area contributed by atoms with Gasteiger partial charge >= 0.3 is 0 Å². The highest BCUT2D eigenvalue weighted by atomic mass is 14.7. The van der Waals surface area contributed by atoms with Gasteiger partial charge in [-0.2, -0.15) is 5.26 Å². The molecule has 3 heteroatoms. The molecule has 0 aliphatic rings. The minimum Gasteiger partial charge on any atom is -0.396 e. The Morgan fingerprint density at radius 1 is 1.00 bits per heavy atom. The number of anilines is 1. The summed E-state index contributed by atoms with van der Waals surface area (Å²) in [5.41, 5.74) is 7.67. The van der Waals surface area contributed by atoms with Crippen LogP contribution >= 0.6 is 0 Å². The fourth-order valence-electron chi connectivity index (χ4n) is 2.16. The molecule has 2 N–H and O–H groups in total. The maximum Gasteiger partial charge on any atom is 0.102 e. The van der Waals surface area contributed by atoms with E-state index in [1.807, 2.05) is 36.4 Å². The number of nitrogen functional groups attached to an aromatic ring is 1. The summed E-state index contributed by atoms with van der Waals surface area (Å²) < 4.78 is 0. The van der Waals surface area contributed by atoms with E-state index in [1.165, 1.54) is 0 Å². The highest BCUT2D eigenvalue weighted by Gasteiger charge is 2.11. The second-order valence-electron chi connectivity index (χ2n) is 3.85. The van der Waals surface area contributed by atoms with E-state index in [0.717, 1.165) is 16.2 Å². The number of fused-ring (bicyclic) bond motifs is 3. The SMILES string of the molecule is N#Cc1c(N)c2ncccc2c2ccccc12. The third-order valence-electron chi connectivity index (χ3n) is 2.93. The van der Waals surface area contributed by atoms with Gasteiger partial charge in [-0.3, -0.25) is 4.98 Å². The van der Waals surface area contributed by atoms with Crippen LogP contribution in [0.2, 0.25) is 0 Å². The number of aromatic nitrogens is 1. The highest BCUT2D eigenvalue weighted by Crippen LogP contribution is 2.32. The summed E-state index contributed by atoms with van der Waals surface area (Å²) in [6, 6.07) is 13.8. The minimum absolute atomic E-state index is 0.460. The van der Waals surface area contributed by atoms with Crippen LogP contribution in [0.4, 0.5) is 5.69 Å². The Kier molecular flexibility index (Phi) is 1.96. The van der Waals surface area contributed by atoms with Crippen LogP contribution in [0.3, 0.4) is 0 Å². The molecule has 0 spiro atoms. The van der Waals surface area contributed by atoms with Gasteiger partial charge < -0.3 is 5.73 Å². The zero-order valence-electron chi connectivity index (χ0n) is 9.01. The Labute approximate surface area is 98.1 Å². The Morgan fingerprint density at radius 3 is 2.47 bits per heavy atom. The summed E-state index contributed by atoms with van der Waals surface area (Å²) in [7, 11) is 0. The number of nitrogens with two attached hydrogens (primary N) is 1. The van der Waals surface area contributed by atoms with E-state index in [1.54, 1.807) is 6.20 Å². The van der Waals surface area contributed by atoms with E-state index in [-0.39, 0.29) is 0 Å². The third kappa shape index (κ3) is 1.25. The molecule has 3 rings (SSSR count). The van der Waals surface area contributed by atoms with Crippen molar-refractivity contribution in [1.82, 2.24) is 4.98 Å². The quantitative estimate of drug-likeness (QED) is 0.467. The van der Waals surface area contributed by atoms with Gasteiger partial charge in [-0.1, -0.05) is 30.3 Å². The van der Waals surface area contributed by atoms with Crippen LogP contribution < -0.4 is 5.73 Å². The lowest BCUT2D eigenvalue weighted by molar-refractivity contribution is 1.41. The van der Waals surface area contributed by atoms with Crippen LogP contribution in [0.15, 0.2) is 42.6 Å². The largest absolute Gasteiger partial charge is 0.396 e. The smallest absolute Gasteiger partial charge is 0.102 e. The van der Waals surface area contributed by atoms with E-state index in [4.69, 9.17) is 5.73 Å². The molecule has 0 saturated carbocycles. The van der Waals surface area contributed by atoms with Gasteiger partial charge in [0.05, 0.1) is 16.8 Å². The van der Waals surface area contributed by atoms with Crippen molar-refractivity contribution in [2.24, 2.45) is 0 Å². The molecule has 17 heavy (non-hydrogen) atoms. The molecule has 80 valence electrons. The number of hydrogen-bond donors (Lipinski definition) is 1. The standard InChI is InChI=1S/C14H9N3/c15-8-12-10-5-2-1-4-9(10)11-6-3-7-17-14(11)13(12)16/h1-7H,16H2. The number of benzene rings is 2. The first-order chi connectivity index (χ1) is 8.33. The monoisotopic (exact) mass is 219 g/mol. The molecule has 0 aliphatic carbocycles.